The van der Waals surface area contributed by atoms with Gasteiger partial charge in [-0.25, -0.2) is 4.98 Å². The van der Waals surface area contributed by atoms with Crippen LogP contribution in [0.5, 0.6) is 0 Å². The van der Waals surface area contributed by atoms with Crippen molar-refractivity contribution in [3.8, 4) is 21.1 Å². The highest BCUT2D eigenvalue weighted by Crippen LogP contribution is 2.31. The van der Waals surface area contributed by atoms with Gasteiger partial charge < -0.3 is 4.52 Å². The number of thiazole rings is 2. The first-order chi connectivity index (χ1) is 7.84. The molecule has 16 heavy (non-hydrogen) atoms. The first-order valence-electron chi connectivity index (χ1n) is 4.60. The van der Waals surface area contributed by atoms with Gasteiger partial charge in [-0.15, -0.1) is 22.7 Å². The molecule has 0 radical (unpaired) electrons. The molecule has 0 N–H and O–H groups in total. The molecule has 0 aliphatic heterocycles. The van der Waals surface area contributed by atoms with Gasteiger partial charge >= 0.3 is 0 Å². The van der Waals surface area contributed by atoms with E-state index in [4.69, 9.17) is 4.52 Å². The molecule has 0 bridgehead atoms. The van der Waals surface area contributed by atoms with Crippen LogP contribution in [0.1, 0.15) is 5.69 Å². The number of aryl methyl sites for hydroxylation is 1. The zero-order valence-electron chi connectivity index (χ0n) is 8.38. The van der Waals surface area contributed by atoms with E-state index in [2.05, 4.69) is 15.1 Å². The van der Waals surface area contributed by atoms with Crippen molar-refractivity contribution in [2.45, 2.75) is 6.92 Å². The topological polar surface area (TPSA) is 51.8 Å². The Morgan fingerprint density at radius 3 is 2.94 bits per heavy atom. The summed E-state index contributed by atoms with van der Waals surface area (Å²) < 4.78 is 4.90. The molecule has 3 heterocycles. The largest absolute Gasteiger partial charge is 0.364 e. The van der Waals surface area contributed by atoms with E-state index in [0.29, 0.717) is 0 Å². The first-order valence-corrected chi connectivity index (χ1v) is 6.36. The number of hydrogen-bond donors (Lipinski definition) is 0. The van der Waals surface area contributed by atoms with Gasteiger partial charge in [-0.3, -0.25) is 4.98 Å². The zero-order chi connectivity index (χ0) is 11.0. The second-order valence-electron chi connectivity index (χ2n) is 3.22. The van der Waals surface area contributed by atoms with Crippen molar-refractivity contribution in [2.24, 2.45) is 0 Å². The minimum absolute atomic E-state index is 0.862. The molecule has 0 aromatic carbocycles. The highest BCUT2D eigenvalue weighted by atomic mass is 32.1. The molecule has 0 saturated heterocycles. The van der Waals surface area contributed by atoms with E-state index in [0.717, 1.165) is 26.8 Å². The van der Waals surface area contributed by atoms with Crippen LogP contribution in [0, 0.1) is 6.92 Å². The maximum absolute atomic E-state index is 4.90. The monoisotopic (exact) mass is 249 g/mol. The Labute approximate surface area is 99.6 Å². The van der Waals surface area contributed by atoms with Crippen molar-refractivity contribution < 1.29 is 4.52 Å². The Morgan fingerprint density at radius 2 is 2.25 bits per heavy atom. The van der Waals surface area contributed by atoms with Crippen molar-refractivity contribution >= 4 is 22.7 Å². The minimum atomic E-state index is 0.862. The van der Waals surface area contributed by atoms with Crippen LogP contribution in [-0.2, 0) is 0 Å². The maximum atomic E-state index is 4.90. The second-order valence-corrected chi connectivity index (χ2v) is 4.96. The van der Waals surface area contributed by atoms with E-state index < -0.39 is 0 Å². The van der Waals surface area contributed by atoms with Crippen LogP contribution in [0.2, 0.25) is 0 Å². The van der Waals surface area contributed by atoms with Crippen LogP contribution in [0.4, 0.5) is 0 Å². The Bertz CT molecular complexity index is 597. The molecular formula is C10H7N3OS2. The summed E-state index contributed by atoms with van der Waals surface area (Å²) in [5, 5.41) is 6.84. The van der Waals surface area contributed by atoms with Gasteiger partial charge in [0.25, 0.3) is 0 Å². The fourth-order valence-electron chi connectivity index (χ4n) is 1.37. The lowest BCUT2D eigenvalue weighted by Gasteiger charge is -1.89. The van der Waals surface area contributed by atoms with Crippen LogP contribution in [0.25, 0.3) is 21.1 Å². The standard InChI is InChI=1S/C10H7N3OS2/c1-6-7(3-14-13-6)8-4-15-10(12-8)9-2-11-5-16-9/h2-5H,1H3. The molecule has 3 aromatic heterocycles. The zero-order valence-corrected chi connectivity index (χ0v) is 10.0. The number of aromatic nitrogens is 3. The van der Waals surface area contributed by atoms with Gasteiger partial charge in [-0.05, 0) is 6.92 Å². The van der Waals surface area contributed by atoms with E-state index in [1.165, 1.54) is 0 Å². The van der Waals surface area contributed by atoms with Gasteiger partial charge in [0.2, 0.25) is 0 Å². The second kappa shape index (κ2) is 3.80. The van der Waals surface area contributed by atoms with Crippen molar-refractivity contribution in [2.75, 3.05) is 0 Å². The molecule has 80 valence electrons. The van der Waals surface area contributed by atoms with Crippen molar-refractivity contribution in [1.29, 1.82) is 0 Å². The Morgan fingerprint density at radius 1 is 1.31 bits per heavy atom. The summed E-state index contributed by atoms with van der Waals surface area (Å²) in [6, 6.07) is 0. The molecule has 0 amide bonds. The highest BCUT2D eigenvalue weighted by Gasteiger charge is 2.11. The fourth-order valence-corrected chi connectivity index (χ4v) is 2.89. The number of rotatable bonds is 2. The van der Waals surface area contributed by atoms with E-state index in [1.54, 1.807) is 34.4 Å². The van der Waals surface area contributed by atoms with Crippen LogP contribution in [0.15, 0.2) is 27.9 Å². The summed E-state index contributed by atoms with van der Waals surface area (Å²) in [6.45, 7) is 1.91. The molecule has 4 nitrogen and oxygen atoms in total. The van der Waals surface area contributed by atoms with Crippen LogP contribution in [0.3, 0.4) is 0 Å². The molecule has 0 aliphatic carbocycles. The smallest absolute Gasteiger partial charge is 0.135 e. The quantitative estimate of drug-likeness (QED) is 0.699. The SMILES string of the molecule is Cc1nocc1-c1csc(-c2cncs2)n1. The molecule has 3 rings (SSSR count). The lowest BCUT2D eigenvalue weighted by Crippen LogP contribution is -1.78. The minimum Gasteiger partial charge on any atom is -0.364 e. The van der Waals surface area contributed by atoms with Crippen molar-refractivity contribution in [3.63, 3.8) is 0 Å². The highest BCUT2D eigenvalue weighted by molar-refractivity contribution is 7.20. The molecule has 0 saturated carbocycles. The predicted octanol–water partition coefficient (Wildman–Crippen LogP) is 3.23. The average molecular weight is 249 g/mol. The molecule has 0 spiro atoms. The van der Waals surface area contributed by atoms with Crippen molar-refractivity contribution in [1.82, 2.24) is 15.1 Å². The maximum Gasteiger partial charge on any atom is 0.135 e. The molecule has 0 aliphatic rings. The Kier molecular flexibility index (Phi) is 2.30. The van der Waals surface area contributed by atoms with Gasteiger partial charge in [-0.2, -0.15) is 0 Å². The van der Waals surface area contributed by atoms with E-state index >= 15 is 0 Å². The third-order valence-corrected chi connectivity index (χ3v) is 3.96. The Hall–Kier alpha value is -1.53. The summed E-state index contributed by atoms with van der Waals surface area (Å²) in [6.07, 6.45) is 3.45. The van der Waals surface area contributed by atoms with Gasteiger partial charge in [0.15, 0.2) is 0 Å². The van der Waals surface area contributed by atoms with E-state index in [9.17, 15) is 0 Å². The predicted molar refractivity (Wildman–Crippen MR) is 63.5 cm³/mol. The number of nitrogens with zero attached hydrogens (tertiary/aromatic N) is 3. The molecule has 0 unspecified atom stereocenters. The lowest BCUT2D eigenvalue weighted by molar-refractivity contribution is 0.415. The fraction of sp³-hybridized carbons (Fsp3) is 0.100. The van der Waals surface area contributed by atoms with Gasteiger partial charge in [-0.1, -0.05) is 5.16 Å². The lowest BCUT2D eigenvalue weighted by atomic mass is 10.2. The Balaban J connectivity index is 2.03. The average Bonchev–Trinajstić information content (AvgIpc) is 2.96. The molecule has 6 heteroatoms. The number of hydrogen-bond acceptors (Lipinski definition) is 6. The first kappa shape index (κ1) is 9.68. The van der Waals surface area contributed by atoms with Crippen molar-refractivity contribution in [3.05, 3.63) is 29.0 Å². The summed E-state index contributed by atoms with van der Waals surface area (Å²) in [7, 11) is 0. The van der Waals surface area contributed by atoms with Crippen LogP contribution in [-0.4, -0.2) is 15.1 Å². The van der Waals surface area contributed by atoms with Crippen LogP contribution < -0.4 is 0 Å². The van der Waals surface area contributed by atoms with Gasteiger partial charge in [0.05, 0.1) is 27.3 Å². The van der Waals surface area contributed by atoms with E-state index in [1.807, 2.05) is 18.5 Å². The van der Waals surface area contributed by atoms with Crippen LogP contribution >= 0.6 is 22.7 Å². The summed E-state index contributed by atoms with van der Waals surface area (Å²) in [5.41, 5.74) is 4.53. The molecule has 3 aromatic rings. The van der Waals surface area contributed by atoms with Gasteiger partial charge in [0.1, 0.15) is 11.3 Å². The third-order valence-electron chi connectivity index (χ3n) is 2.17. The molecule has 0 fully saturated rings. The summed E-state index contributed by atoms with van der Waals surface area (Å²) >= 11 is 3.19. The summed E-state index contributed by atoms with van der Waals surface area (Å²) in [5.74, 6) is 0. The molecular weight excluding hydrogens is 242 g/mol. The normalized spacial score (nSPS) is 10.8. The molecule has 0 atom stereocenters. The van der Waals surface area contributed by atoms with E-state index in [-0.39, 0.29) is 0 Å². The third kappa shape index (κ3) is 1.56. The summed E-state index contributed by atoms with van der Waals surface area (Å²) in [4.78, 5) is 9.68. The van der Waals surface area contributed by atoms with Gasteiger partial charge in [0, 0.05) is 11.6 Å².